The first-order valence-corrected chi connectivity index (χ1v) is 7.72. The van der Waals surface area contributed by atoms with Gasteiger partial charge in [-0.1, -0.05) is 42.5 Å². The number of amides is 1. The summed E-state index contributed by atoms with van der Waals surface area (Å²) in [5.74, 6) is -0.0479. The monoisotopic (exact) mass is 323 g/mol. The van der Waals surface area contributed by atoms with Crippen molar-refractivity contribution >= 4 is 18.0 Å². The summed E-state index contributed by atoms with van der Waals surface area (Å²) in [5, 5.41) is 0. The molecule has 0 aromatic heterocycles. The molecule has 1 amide bonds. The number of rotatable bonds is 5. The van der Waals surface area contributed by atoms with E-state index in [9.17, 15) is 9.59 Å². The summed E-state index contributed by atoms with van der Waals surface area (Å²) in [6, 6.07) is 15.3. The molecule has 4 nitrogen and oxygen atoms in total. The highest BCUT2D eigenvalue weighted by atomic mass is 16.5. The van der Waals surface area contributed by atoms with Gasteiger partial charge in [-0.2, -0.15) is 0 Å². The van der Waals surface area contributed by atoms with Crippen molar-refractivity contribution in [2.75, 3.05) is 7.05 Å². The number of carbonyl (C=O) groups is 2. The van der Waals surface area contributed by atoms with Crippen LogP contribution in [0.4, 0.5) is 0 Å². The summed E-state index contributed by atoms with van der Waals surface area (Å²) in [5.41, 5.74) is 2.74. The third kappa shape index (κ3) is 5.09. The smallest absolute Gasteiger partial charge is 0.308 e. The van der Waals surface area contributed by atoms with Crippen molar-refractivity contribution in [1.29, 1.82) is 0 Å². The van der Waals surface area contributed by atoms with E-state index in [1.54, 1.807) is 24.1 Å². The van der Waals surface area contributed by atoms with Crippen molar-refractivity contribution in [3.05, 3.63) is 71.3 Å². The second-order valence-electron chi connectivity index (χ2n) is 5.65. The zero-order valence-corrected chi connectivity index (χ0v) is 14.2. The molecule has 0 aliphatic rings. The molecule has 2 aromatic rings. The highest BCUT2D eigenvalue weighted by molar-refractivity contribution is 5.92. The first-order valence-electron chi connectivity index (χ1n) is 7.72. The van der Waals surface area contributed by atoms with Crippen molar-refractivity contribution < 1.29 is 14.3 Å². The van der Waals surface area contributed by atoms with Gasteiger partial charge in [0.1, 0.15) is 5.75 Å². The Morgan fingerprint density at radius 1 is 1.12 bits per heavy atom. The van der Waals surface area contributed by atoms with Crippen LogP contribution in [0.15, 0.2) is 54.6 Å². The van der Waals surface area contributed by atoms with Gasteiger partial charge in [0.25, 0.3) is 0 Å². The summed E-state index contributed by atoms with van der Waals surface area (Å²) in [7, 11) is 1.75. The Kier molecular flexibility index (Phi) is 5.90. The van der Waals surface area contributed by atoms with E-state index < -0.39 is 0 Å². The number of carbonyl (C=O) groups excluding carboxylic acids is 2. The van der Waals surface area contributed by atoms with Crippen molar-refractivity contribution in [3.63, 3.8) is 0 Å². The Bertz CT molecular complexity index is 751. The SMILES string of the molecule is CC(=O)Oc1cc(C)ccc1/C=C\C(=O)N(C)Cc1ccccc1. The first kappa shape index (κ1) is 17.5. The Morgan fingerprint density at radius 2 is 1.83 bits per heavy atom. The lowest BCUT2D eigenvalue weighted by Crippen LogP contribution is -2.24. The molecule has 0 fully saturated rings. The number of esters is 1. The van der Waals surface area contributed by atoms with Gasteiger partial charge in [-0.05, 0) is 30.2 Å². The predicted molar refractivity (Wildman–Crippen MR) is 94.4 cm³/mol. The number of hydrogen-bond acceptors (Lipinski definition) is 3. The number of aryl methyl sites for hydroxylation is 1. The fourth-order valence-corrected chi connectivity index (χ4v) is 2.25. The molecule has 0 radical (unpaired) electrons. The van der Waals surface area contributed by atoms with Crippen LogP contribution in [0.3, 0.4) is 0 Å². The lowest BCUT2D eigenvalue weighted by atomic mass is 10.1. The van der Waals surface area contributed by atoms with E-state index in [0.29, 0.717) is 17.9 Å². The average Bonchev–Trinajstić information content (AvgIpc) is 2.54. The molecule has 0 aliphatic carbocycles. The maximum atomic E-state index is 12.3. The standard InChI is InChI=1S/C20H21NO3/c1-15-9-10-18(19(13-15)24-16(2)22)11-12-20(23)21(3)14-17-7-5-4-6-8-17/h4-13H,14H2,1-3H3/b12-11-. The van der Waals surface area contributed by atoms with Gasteiger partial charge >= 0.3 is 5.97 Å². The predicted octanol–water partition coefficient (Wildman–Crippen LogP) is 3.59. The summed E-state index contributed by atoms with van der Waals surface area (Å²) in [6.07, 6.45) is 3.15. The molecule has 4 heteroatoms. The second kappa shape index (κ2) is 8.11. The molecule has 0 saturated carbocycles. The maximum Gasteiger partial charge on any atom is 0.308 e. The molecule has 24 heavy (non-hydrogen) atoms. The van der Waals surface area contributed by atoms with Crippen LogP contribution < -0.4 is 4.74 Å². The Labute approximate surface area is 142 Å². The lowest BCUT2D eigenvalue weighted by molar-refractivity contribution is -0.132. The van der Waals surface area contributed by atoms with Crippen molar-refractivity contribution in [2.24, 2.45) is 0 Å². The summed E-state index contributed by atoms with van der Waals surface area (Å²) >= 11 is 0. The molecule has 0 heterocycles. The summed E-state index contributed by atoms with van der Waals surface area (Å²) in [6.45, 7) is 3.81. The van der Waals surface area contributed by atoms with Gasteiger partial charge in [0.15, 0.2) is 0 Å². The number of nitrogens with zero attached hydrogens (tertiary/aromatic N) is 1. The fourth-order valence-electron chi connectivity index (χ4n) is 2.25. The van der Waals surface area contributed by atoms with Gasteiger partial charge in [-0.25, -0.2) is 0 Å². The van der Waals surface area contributed by atoms with Crippen molar-refractivity contribution in [3.8, 4) is 5.75 Å². The Hall–Kier alpha value is -2.88. The van der Waals surface area contributed by atoms with Crippen molar-refractivity contribution in [2.45, 2.75) is 20.4 Å². The van der Waals surface area contributed by atoms with E-state index in [2.05, 4.69) is 0 Å². The zero-order chi connectivity index (χ0) is 17.5. The van der Waals surface area contributed by atoms with E-state index in [0.717, 1.165) is 11.1 Å². The fraction of sp³-hybridized carbons (Fsp3) is 0.200. The molecule has 0 spiro atoms. The second-order valence-corrected chi connectivity index (χ2v) is 5.65. The molecule has 0 aliphatic heterocycles. The van der Waals surface area contributed by atoms with Crippen LogP contribution in [0.5, 0.6) is 5.75 Å². The number of ether oxygens (including phenoxy) is 1. The van der Waals surface area contributed by atoms with Gasteiger partial charge in [0.05, 0.1) is 0 Å². The quantitative estimate of drug-likeness (QED) is 0.480. The van der Waals surface area contributed by atoms with Crippen LogP contribution >= 0.6 is 0 Å². The maximum absolute atomic E-state index is 12.3. The van der Waals surface area contributed by atoms with Gasteiger partial charge in [-0.15, -0.1) is 0 Å². The third-order valence-electron chi connectivity index (χ3n) is 3.47. The minimum absolute atomic E-state index is 0.117. The number of likely N-dealkylation sites (N-methyl/N-ethyl adjacent to an activating group) is 1. The van der Waals surface area contributed by atoms with E-state index in [1.807, 2.05) is 49.4 Å². The van der Waals surface area contributed by atoms with E-state index in [-0.39, 0.29) is 11.9 Å². The number of hydrogen-bond donors (Lipinski definition) is 0. The molecule has 124 valence electrons. The van der Waals surface area contributed by atoms with E-state index >= 15 is 0 Å². The first-order chi connectivity index (χ1) is 11.5. The minimum Gasteiger partial charge on any atom is -0.426 e. The molecule has 2 aromatic carbocycles. The Morgan fingerprint density at radius 3 is 2.50 bits per heavy atom. The van der Waals surface area contributed by atoms with Crippen LogP contribution in [-0.2, 0) is 16.1 Å². The molecule has 0 bridgehead atoms. The van der Waals surface area contributed by atoms with Crippen molar-refractivity contribution in [1.82, 2.24) is 4.90 Å². The van der Waals surface area contributed by atoms with Gasteiger partial charge in [0, 0.05) is 32.2 Å². The van der Waals surface area contributed by atoms with Crippen LogP contribution in [-0.4, -0.2) is 23.8 Å². The molecule has 0 N–H and O–H groups in total. The highest BCUT2D eigenvalue weighted by Gasteiger charge is 2.08. The van der Waals surface area contributed by atoms with E-state index in [1.165, 1.54) is 13.0 Å². The van der Waals surface area contributed by atoms with Crippen LogP contribution in [0.25, 0.3) is 6.08 Å². The van der Waals surface area contributed by atoms with Crippen LogP contribution in [0.2, 0.25) is 0 Å². The summed E-state index contributed by atoms with van der Waals surface area (Å²) in [4.78, 5) is 25.1. The molecule has 2 rings (SSSR count). The van der Waals surface area contributed by atoms with E-state index in [4.69, 9.17) is 4.74 Å². The Balaban J connectivity index is 2.09. The van der Waals surface area contributed by atoms with Crippen LogP contribution in [0, 0.1) is 6.92 Å². The third-order valence-corrected chi connectivity index (χ3v) is 3.47. The molecule has 0 unspecified atom stereocenters. The average molecular weight is 323 g/mol. The zero-order valence-electron chi connectivity index (χ0n) is 14.2. The largest absolute Gasteiger partial charge is 0.426 e. The van der Waals surface area contributed by atoms with Crippen LogP contribution in [0.1, 0.15) is 23.6 Å². The topological polar surface area (TPSA) is 46.6 Å². The molecular weight excluding hydrogens is 302 g/mol. The van der Waals surface area contributed by atoms with Gasteiger partial charge < -0.3 is 9.64 Å². The molecule has 0 atom stereocenters. The number of benzene rings is 2. The highest BCUT2D eigenvalue weighted by Crippen LogP contribution is 2.22. The minimum atomic E-state index is -0.386. The molecule has 0 saturated heterocycles. The van der Waals surface area contributed by atoms with Gasteiger partial charge in [0.2, 0.25) is 5.91 Å². The lowest BCUT2D eigenvalue weighted by Gasteiger charge is -2.15. The normalized spacial score (nSPS) is 10.6. The molecular formula is C20H21NO3. The summed E-state index contributed by atoms with van der Waals surface area (Å²) < 4.78 is 5.20. The van der Waals surface area contributed by atoms with Gasteiger partial charge in [-0.3, -0.25) is 9.59 Å².